The number of carbonyl (C=O) groups is 1. The molecule has 0 atom stereocenters. The number of aldehydes is 1. The van der Waals surface area contributed by atoms with Gasteiger partial charge in [0.15, 0.2) is 6.29 Å². The average molecular weight is 224 g/mol. The Morgan fingerprint density at radius 1 is 0.882 bits per heavy atom. The van der Waals surface area contributed by atoms with E-state index in [4.69, 9.17) is 0 Å². The lowest BCUT2D eigenvalue weighted by Gasteiger charge is -2.01. The normalized spacial score (nSPS) is 10.6. The largest absolute Gasteiger partial charge is 0.507 e. The first kappa shape index (κ1) is 11.1. The summed E-state index contributed by atoms with van der Waals surface area (Å²) in [4.78, 5) is 10.9. The van der Waals surface area contributed by atoms with Gasteiger partial charge in [0, 0.05) is 0 Å². The Morgan fingerprint density at radius 3 is 2.35 bits per heavy atom. The molecule has 0 fully saturated rings. The molecule has 0 amide bonds. The van der Waals surface area contributed by atoms with E-state index in [2.05, 4.69) is 0 Å². The van der Waals surface area contributed by atoms with E-state index in [1.54, 1.807) is 12.1 Å². The van der Waals surface area contributed by atoms with Crippen LogP contribution in [0, 0.1) is 0 Å². The molecule has 84 valence electrons. The van der Waals surface area contributed by atoms with Gasteiger partial charge >= 0.3 is 0 Å². The summed E-state index contributed by atoms with van der Waals surface area (Å²) >= 11 is 0. The summed E-state index contributed by atoms with van der Waals surface area (Å²) < 4.78 is 0. The second kappa shape index (κ2) is 5.12. The second-order valence-electron chi connectivity index (χ2n) is 3.64. The highest BCUT2D eigenvalue weighted by Crippen LogP contribution is 2.20. The number of rotatable bonds is 3. The molecule has 0 radical (unpaired) electrons. The number of phenolic OH excluding ortho intramolecular Hbond substituents is 1. The summed E-state index contributed by atoms with van der Waals surface area (Å²) in [6, 6.07) is 14.8. The molecule has 0 aromatic heterocycles. The SMILES string of the molecule is O=Cc1c(O)cccc1/C=C/c1ccccc1. The zero-order valence-electron chi connectivity index (χ0n) is 9.21. The molecule has 2 aromatic carbocycles. The molecule has 0 bridgehead atoms. The Labute approximate surface area is 99.8 Å². The van der Waals surface area contributed by atoms with Gasteiger partial charge in [0.2, 0.25) is 0 Å². The predicted octanol–water partition coefficient (Wildman–Crippen LogP) is 3.38. The van der Waals surface area contributed by atoms with Gasteiger partial charge in [-0.1, -0.05) is 54.6 Å². The summed E-state index contributed by atoms with van der Waals surface area (Å²) in [6.45, 7) is 0. The van der Waals surface area contributed by atoms with E-state index >= 15 is 0 Å². The summed E-state index contributed by atoms with van der Waals surface area (Å²) in [5.41, 5.74) is 2.08. The fourth-order valence-corrected chi connectivity index (χ4v) is 1.59. The van der Waals surface area contributed by atoms with Crippen molar-refractivity contribution < 1.29 is 9.90 Å². The van der Waals surface area contributed by atoms with Gasteiger partial charge in [-0.3, -0.25) is 4.79 Å². The van der Waals surface area contributed by atoms with Crippen molar-refractivity contribution in [1.29, 1.82) is 0 Å². The number of aromatic hydroxyl groups is 1. The monoisotopic (exact) mass is 224 g/mol. The van der Waals surface area contributed by atoms with Crippen molar-refractivity contribution in [1.82, 2.24) is 0 Å². The van der Waals surface area contributed by atoms with Gasteiger partial charge < -0.3 is 5.11 Å². The van der Waals surface area contributed by atoms with Crippen LogP contribution in [0.15, 0.2) is 48.5 Å². The van der Waals surface area contributed by atoms with Crippen LogP contribution in [0.2, 0.25) is 0 Å². The third-order valence-corrected chi connectivity index (χ3v) is 2.49. The van der Waals surface area contributed by atoms with Gasteiger partial charge in [-0.2, -0.15) is 0 Å². The van der Waals surface area contributed by atoms with Crippen molar-refractivity contribution in [2.24, 2.45) is 0 Å². The first-order chi connectivity index (χ1) is 8.31. The van der Waals surface area contributed by atoms with Crippen molar-refractivity contribution in [3.8, 4) is 5.75 Å². The van der Waals surface area contributed by atoms with E-state index < -0.39 is 0 Å². The maximum Gasteiger partial charge on any atom is 0.154 e. The third kappa shape index (κ3) is 2.61. The van der Waals surface area contributed by atoms with Crippen molar-refractivity contribution in [2.75, 3.05) is 0 Å². The average Bonchev–Trinajstić information content (AvgIpc) is 2.37. The van der Waals surface area contributed by atoms with Gasteiger partial charge in [-0.25, -0.2) is 0 Å². The highest BCUT2D eigenvalue weighted by atomic mass is 16.3. The van der Waals surface area contributed by atoms with E-state index in [9.17, 15) is 9.90 Å². The molecule has 17 heavy (non-hydrogen) atoms. The van der Waals surface area contributed by atoms with Crippen LogP contribution in [0.5, 0.6) is 5.75 Å². The molecule has 0 unspecified atom stereocenters. The molecule has 0 aliphatic carbocycles. The molecule has 2 rings (SSSR count). The Bertz CT molecular complexity index is 542. The van der Waals surface area contributed by atoms with Crippen molar-refractivity contribution in [3.05, 3.63) is 65.2 Å². The van der Waals surface area contributed by atoms with E-state index in [1.165, 1.54) is 6.07 Å². The van der Waals surface area contributed by atoms with Crippen molar-refractivity contribution in [2.45, 2.75) is 0 Å². The number of hydrogen-bond donors (Lipinski definition) is 1. The Balaban J connectivity index is 2.34. The lowest BCUT2D eigenvalue weighted by atomic mass is 10.1. The van der Waals surface area contributed by atoms with Crippen LogP contribution in [0.25, 0.3) is 12.2 Å². The van der Waals surface area contributed by atoms with Crippen LogP contribution in [0.1, 0.15) is 21.5 Å². The minimum atomic E-state index is 0.00946. The summed E-state index contributed by atoms with van der Waals surface area (Å²) in [6.07, 6.45) is 4.39. The predicted molar refractivity (Wildman–Crippen MR) is 68.9 cm³/mol. The van der Waals surface area contributed by atoms with Gasteiger partial charge in [0.25, 0.3) is 0 Å². The Hall–Kier alpha value is -2.35. The minimum absolute atomic E-state index is 0.00946. The molecule has 0 aliphatic rings. The van der Waals surface area contributed by atoms with Crippen LogP contribution in [0.4, 0.5) is 0 Å². The van der Waals surface area contributed by atoms with Crippen LogP contribution in [-0.2, 0) is 0 Å². The second-order valence-corrected chi connectivity index (χ2v) is 3.64. The van der Waals surface area contributed by atoms with Gasteiger partial charge in [-0.05, 0) is 17.2 Å². The lowest BCUT2D eigenvalue weighted by molar-refractivity contribution is 0.112. The minimum Gasteiger partial charge on any atom is -0.507 e. The molecule has 2 aromatic rings. The number of carbonyl (C=O) groups excluding carboxylic acids is 1. The van der Waals surface area contributed by atoms with Crippen LogP contribution in [-0.4, -0.2) is 11.4 Å². The Morgan fingerprint density at radius 2 is 1.65 bits per heavy atom. The number of hydrogen-bond acceptors (Lipinski definition) is 2. The highest BCUT2D eigenvalue weighted by Gasteiger charge is 2.03. The molecule has 0 heterocycles. The zero-order valence-corrected chi connectivity index (χ0v) is 9.21. The maximum absolute atomic E-state index is 10.9. The fourth-order valence-electron chi connectivity index (χ4n) is 1.59. The van der Waals surface area contributed by atoms with Gasteiger partial charge in [-0.15, -0.1) is 0 Å². The smallest absolute Gasteiger partial charge is 0.154 e. The van der Waals surface area contributed by atoms with Gasteiger partial charge in [0.05, 0.1) is 5.56 Å². The molecule has 0 saturated heterocycles. The summed E-state index contributed by atoms with van der Waals surface area (Å²) in [7, 11) is 0. The molecule has 2 nitrogen and oxygen atoms in total. The van der Waals surface area contributed by atoms with E-state index in [1.807, 2.05) is 42.5 Å². The maximum atomic E-state index is 10.9. The van der Waals surface area contributed by atoms with Crippen LogP contribution < -0.4 is 0 Å². The van der Waals surface area contributed by atoms with Crippen LogP contribution >= 0.6 is 0 Å². The standard InChI is InChI=1S/C15H12O2/c16-11-14-13(7-4-8-15(14)17)10-9-12-5-2-1-3-6-12/h1-11,17H/b10-9+. The third-order valence-electron chi connectivity index (χ3n) is 2.49. The molecule has 0 spiro atoms. The molecule has 1 N–H and O–H groups in total. The molecule has 0 aliphatic heterocycles. The van der Waals surface area contributed by atoms with Crippen molar-refractivity contribution >= 4 is 18.4 Å². The molecule has 0 saturated carbocycles. The lowest BCUT2D eigenvalue weighted by Crippen LogP contribution is -1.86. The Kier molecular flexibility index (Phi) is 3.36. The molecule has 2 heteroatoms. The number of phenols is 1. The highest BCUT2D eigenvalue weighted by molar-refractivity contribution is 5.87. The fraction of sp³-hybridized carbons (Fsp3) is 0. The van der Waals surface area contributed by atoms with Crippen LogP contribution in [0.3, 0.4) is 0 Å². The van der Waals surface area contributed by atoms with E-state index in [0.717, 1.165) is 5.56 Å². The first-order valence-corrected chi connectivity index (χ1v) is 5.31. The molecular weight excluding hydrogens is 212 g/mol. The summed E-state index contributed by atoms with van der Waals surface area (Å²) in [5, 5.41) is 9.52. The molecular formula is C15H12O2. The zero-order chi connectivity index (χ0) is 12.1. The van der Waals surface area contributed by atoms with Gasteiger partial charge in [0.1, 0.15) is 5.75 Å². The van der Waals surface area contributed by atoms with E-state index in [0.29, 0.717) is 17.4 Å². The van der Waals surface area contributed by atoms with E-state index in [-0.39, 0.29) is 5.75 Å². The summed E-state index contributed by atoms with van der Waals surface area (Å²) in [5.74, 6) is 0.00946. The number of benzene rings is 2. The first-order valence-electron chi connectivity index (χ1n) is 5.31. The topological polar surface area (TPSA) is 37.3 Å². The quantitative estimate of drug-likeness (QED) is 0.641. The van der Waals surface area contributed by atoms with Crippen molar-refractivity contribution in [3.63, 3.8) is 0 Å².